The quantitative estimate of drug-likeness (QED) is 0.821. The Bertz CT molecular complexity index is 688. The van der Waals surface area contributed by atoms with Crippen LogP contribution in [0, 0.1) is 0 Å². The molecule has 0 aliphatic carbocycles. The zero-order chi connectivity index (χ0) is 15.2. The van der Waals surface area contributed by atoms with Crippen LogP contribution in [0.3, 0.4) is 0 Å². The number of nitrogens with zero attached hydrogens (tertiary/aromatic N) is 2. The van der Waals surface area contributed by atoms with Gasteiger partial charge in [-0.3, -0.25) is 9.79 Å². The van der Waals surface area contributed by atoms with E-state index < -0.39 is 11.4 Å². The van der Waals surface area contributed by atoms with Gasteiger partial charge in [-0.05, 0) is 48.6 Å². The van der Waals surface area contributed by atoms with Gasteiger partial charge < -0.3 is 10.0 Å². The molecule has 1 saturated heterocycles. The van der Waals surface area contributed by atoms with E-state index in [2.05, 4.69) is 20.7 Å². The number of hydrogen-bond donors (Lipinski definition) is 2. The number of carboxylic acid groups (broad SMARTS) is 1. The van der Waals surface area contributed by atoms with E-state index in [0.717, 1.165) is 23.4 Å². The number of nitrogens with one attached hydrogen (secondary N) is 1. The number of aliphatic carboxylic acids is 1. The summed E-state index contributed by atoms with van der Waals surface area (Å²) in [6.07, 6.45) is 8.09. The summed E-state index contributed by atoms with van der Waals surface area (Å²) in [5, 5.41) is 9.75. The summed E-state index contributed by atoms with van der Waals surface area (Å²) < 4.78 is 3.46. The predicted octanol–water partition coefficient (Wildman–Crippen LogP) is 2.53. The van der Waals surface area contributed by atoms with Crippen molar-refractivity contribution in [2.45, 2.75) is 35.7 Å². The first-order valence-electron chi connectivity index (χ1n) is 7.47. The van der Waals surface area contributed by atoms with Gasteiger partial charge in [0.2, 0.25) is 0 Å². The minimum atomic E-state index is -1.00. The fourth-order valence-electron chi connectivity index (χ4n) is 3.41. The lowest BCUT2D eigenvalue weighted by Crippen LogP contribution is -2.41. The molecule has 2 N–H and O–H groups in total. The molecule has 2 unspecified atom stereocenters. The maximum atomic E-state index is 11.9. The van der Waals surface area contributed by atoms with Gasteiger partial charge in [0, 0.05) is 30.3 Å². The maximum Gasteiger partial charge on any atom is 0.318 e. The third-order valence-corrected chi connectivity index (χ3v) is 5.62. The van der Waals surface area contributed by atoms with Crippen molar-refractivity contribution in [3.05, 3.63) is 36.0 Å². The molecule has 6 heteroatoms. The van der Waals surface area contributed by atoms with Gasteiger partial charge >= 0.3 is 5.97 Å². The van der Waals surface area contributed by atoms with E-state index in [1.807, 2.05) is 12.1 Å². The van der Waals surface area contributed by atoms with Gasteiger partial charge in [-0.2, -0.15) is 0 Å². The molecule has 0 radical (unpaired) electrons. The van der Waals surface area contributed by atoms with Crippen molar-refractivity contribution >= 4 is 29.8 Å². The van der Waals surface area contributed by atoms with Crippen LogP contribution in [0.2, 0.25) is 0 Å². The van der Waals surface area contributed by atoms with E-state index >= 15 is 0 Å². The molecule has 0 bridgehead atoms. The molecule has 1 aromatic rings. The highest BCUT2D eigenvalue weighted by Gasteiger charge is 2.39. The Morgan fingerprint density at radius 1 is 1.50 bits per heavy atom. The molecule has 5 nitrogen and oxygen atoms in total. The number of fused-ring (bicyclic) bond motifs is 3. The molecule has 2 atom stereocenters. The minimum absolute atomic E-state index is 0.391. The van der Waals surface area contributed by atoms with Crippen LogP contribution in [0.15, 0.2) is 40.4 Å². The fraction of sp³-hybridized carbons (Fsp3) is 0.375. The number of carboxylic acids is 1. The van der Waals surface area contributed by atoms with Crippen LogP contribution >= 0.6 is 11.9 Å². The SMILES string of the molecule is O=C(O)C1(c2ccc3c(c2)SNC2CCCN32)C=CN=CC1. The molecule has 0 aromatic heterocycles. The van der Waals surface area contributed by atoms with Crippen molar-refractivity contribution in [1.82, 2.24) is 4.72 Å². The van der Waals surface area contributed by atoms with Crippen molar-refractivity contribution in [3.8, 4) is 0 Å². The predicted molar refractivity (Wildman–Crippen MR) is 87.4 cm³/mol. The van der Waals surface area contributed by atoms with Gasteiger partial charge in [-0.1, -0.05) is 6.07 Å². The van der Waals surface area contributed by atoms with Crippen molar-refractivity contribution < 1.29 is 9.90 Å². The van der Waals surface area contributed by atoms with E-state index in [4.69, 9.17) is 0 Å². The van der Waals surface area contributed by atoms with Gasteiger partial charge in [0.1, 0.15) is 5.41 Å². The summed E-state index contributed by atoms with van der Waals surface area (Å²) in [6, 6.07) is 6.04. The lowest BCUT2D eigenvalue weighted by molar-refractivity contribution is -0.141. The molecule has 0 saturated carbocycles. The molecule has 22 heavy (non-hydrogen) atoms. The molecular formula is C16H17N3O2S. The molecule has 3 aliphatic rings. The van der Waals surface area contributed by atoms with Crippen LogP contribution in [0.4, 0.5) is 5.69 Å². The second-order valence-corrected chi connectivity index (χ2v) is 6.76. The van der Waals surface area contributed by atoms with E-state index in [-0.39, 0.29) is 0 Å². The van der Waals surface area contributed by atoms with Crippen LogP contribution in [0.1, 0.15) is 24.8 Å². The Kier molecular flexibility index (Phi) is 3.23. The fourth-order valence-corrected chi connectivity index (χ4v) is 4.40. The molecule has 114 valence electrons. The number of hydrogen-bond acceptors (Lipinski definition) is 5. The molecule has 0 spiro atoms. The van der Waals surface area contributed by atoms with Crippen molar-refractivity contribution in [2.75, 3.05) is 11.4 Å². The van der Waals surface area contributed by atoms with Gasteiger partial charge in [0.05, 0.1) is 11.9 Å². The highest BCUT2D eigenvalue weighted by molar-refractivity contribution is 7.97. The number of benzene rings is 1. The van der Waals surface area contributed by atoms with Crippen LogP contribution in [0.5, 0.6) is 0 Å². The Labute approximate surface area is 133 Å². The third-order valence-electron chi connectivity index (χ3n) is 4.69. The van der Waals surface area contributed by atoms with Crippen LogP contribution in [0.25, 0.3) is 0 Å². The van der Waals surface area contributed by atoms with E-state index in [1.165, 1.54) is 12.1 Å². The zero-order valence-corrected chi connectivity index (χ0v) is 12.8. The molecule has 0 amide bonds. The van der Waals surface area contributed by atoms with Gasteiger partial charge in [0.15, 0.2) is 0 Å². The monoisotopic (exact) mass is 315 g/mol. The van der Waals surface area contributed by atoms with Crippen molar-refractivity contribution in [1.29, 1.82) is 0 Å². The summed E-state index contributed by atoms with van der Waals surface area (Å²) in [5.41, 5.74) is 1.02. The van der Waals surface area contributed by atoms with Gasteiger partial charge in [0.25, 0.3) is 0 Å². The standard InChI is InChI=1S/C16H17N3O2S/c20-15(21)16(5-7-17-8-6-16)11-3-4-12-13(10-11)22-18-14-2-1-9-19(12)14/h3-5,7-8,10,14,18H,1-2,6,9H2,(H,20,21). The minimum Gasteiger partial charge on any atom is -0.480 e. The molecule has 4 rings (SSSR count). The average molecular weight is 315 g/mol. The number of aliphatic imine (C=N–C) groups is 1. The molecule has 3 aliphatic heterocycles. The Morgan fingerprint density at radius 2 is 2.41 bits per heavy atom. The first kappa shape index (κ1) is 13.8. The summed E-state index contributed by atoms with van der Waals surface area (Å²) in [4.78, 5) is 19.4. The molecule has 1 aromatic carbocycles. The Balaban J connectivity index is 1.76. The normalized spacial score (nSPS) is 29.3. The highest BCUT2D eigenvalue weighted by Crippen LogP contribution is 2.42. The van der Waals surface area contributed by atoms with E-state index in [1.54, 1.807) is 30.4 Å². The number of carbonyl (C=O) groups is 1. The lowest BCUT2D eigenvalue weighted by Gasteiger charge is -2.35. The number of rotatable bonds is 2. The van der Waals surface area contributed by atoms with Crippen molar-refractivity contribution in [3.63, 3.8) is 0 Å². The molecule has 1 fully saturated rings. The second-order valence-electron chi connectivity index (χ2n) is 5.88. The van der Waals surface area contributed by atoms with E-state index in [9.17, 15) is 9.90 Å². The smallest absolute Gasteiger partial charge is 0.318 e. The summed E-state index contributed by atoms with van der Waals surface area (Å²) >= 11 is 1.61. The summed E-state index contributed by atoms with van der Waals surface area (Å²) in [7, 11) is 0. The summed E-state index contributed by atoms with van der Waals surface area (Å²) in [6.45, 7) is 1.06. The first-order chi connectivity index (χ1) is 10.7. The molecule has 3 heterocycles. The van der Waals surface area contributed by atoms with Crippen molar-refractivity contribution in [2.24, 2.45) is 4.99 Å². The lowest BCUT2D eigenvalue weighted by atomic mass is 9.77. The van der Waals surface area contributed by atoms with Gasteiger partial charge in [-0.25, -0.2) is 4.72 Å². The highest BCUT2D eigenvalue weighted by atomic mass is 32.2. The number of anilines is 1. The Hall–Kier alpha value is -1.79. The van der Waals surface area contributed by atoms with Gasteiger partial charge in [-0.15, -0.1) is 0 Å². The van der Waals surface area contributed by atoms with Crippen LogP contribution in [-0.4, -0.2) is 30.0 Å². The third kappa shape index (κ3) is 1.98. The largest absolute Gasteiger partial charge is 0.480 e. The van der Waals surface area contributed by atoms with E-state index in [0.29, 0.717) is 12.6 Å². The Morgan fingerprint density at radius 3 is 3.18 bits per heavy atom. The summed E-state index contributed by atoms with van der Waals surface area (Å²) in [5.74, 6) is -0.831. The second kappa shape index (κ2) is 5.14. The maximum absolute atomic E-state index is 11.9. The van der Waals surface area contributed by atoms with Crippen LogP contribution in [-0.2, 0) is 10.2 Å². The zero-order valence-electron chi connectivity index (χ0n) is 12.0. The average Bonchev–Trinajstić information content (AvgIpc) is 3.03. The topological polar surface area (TPSA) is 64.9 Å². The first-order valence-corrected chi connectivity index (χ1v) is 8.29. The van der Waals surface area contributed by atoms with Crippen LogP contribution < -0.4 is 9.62 Å². The molecular weight excluding hydrogens is 298 g/mol.